The summed E-state index contributed by atoms with van der Waals surface area (Å²) in [6.45, 7) is 2.01. The zero-order valence-corrected chi connectivity index (χ0v) is 23.8. The zero-order valence-electron chi connectivity index (χ0n) is 22.2. The number of carbonyl (C=O) groups is 1. The fourth-order valence-electron chi connectivity index (χ4n) is 5.70. The van der Waals surface area contributed by atoms with E-state index in [1.165, 1.54) is 12.1 Å². The lowest BCUT2D eigenvalue weighted by atomic mass is 9.87. The number of halogens is 6. The first kappa shape index (κ1) is 29.6. The molecule has 1 fully saturated rings. The molecule has 0 N–H and O–H groups in total. The maximum absolute atomic E-state index is 13.2. The molecule has 0 spiro atoms. The van der Waals surface area contributed by atoms with E-state index in [-0.39, 0.29) is 18.3 Å². The van der Waals surface area contributed by atoms with E-state index >= 15 is 0 Å². The van der Waals surface area contributed by atoms with Crippen molar-refractivity contribution in [2.75, 3.05) is 26.3 Å². The van der Waals surface area contributed by atoms with Gasteiger partial charge in [-0.25, -0.2) is 0 Å². The number of likely N-dealkylation sites (tertiary alicyclic amines) is 1. The predicted octanol–water partition coefficient (Wildman–Crippen LogP) is 8.85. The minimum Gasteiger partial charge on any atom is -0.489 e. The minimum absolute atomic E-state index is 0.0197. The van der Waals surface area contributed by atoms with E-state index < -0.39 is 12.0 Å². The Bertz CT molecular complexity index is 1450. The van der Waals surface area contributed by atoms with Gasteiger partial charge < -0.3 is 4.74 Å². The molecule has 0 radical (unpaired) electrons. The second-order valence-corrected chi connectivity index (χ2v) is 11.3. The highest BCUT2D eigenvalue weighted by atomic mass is 35.5. The molecule has 1 aliphatic heterocycles. The Labute approximate surface area is 246 Å². The fraction of sp³-hybridized carbons (Fsp3) is 0.344. The number of allylic oxidation sites excluding steroid dienone is 1. The number of ketones is 1. The summed E-state index contributed by atoms with van der Waals surface area (Å²) >= 11 is 12.8. The van der Waals surface area contributed by atoms with Gasteiger partial charge in [-0.15, -0.1) is 0 Å². The molecule has 0 aromatic heterocycles. The molecule has 9 heteroatoms. The molecule has 2 aliphatic rings. The summed E-state index contributed by atoms with van der Waals surface area (Å²) in [5, 5.41) is 0.984. The number of aryl methyl sites for hydroxylation is 1. The van der Waals surface area contributed by atoms with Gasteiger partial charge in [0, 0.05) is 35.2 Å². The van der Waals surface area contributed by atoms with Gasteiger partial charge in [0.2, 0.25) is 0 Å². The summed E-state index contributed by atoms with van der Waals surface area (Å²) in [6, 6.07) is 17.2. The third-order valence-corrected chi connectivity index (χ3v) is 8.16. The van der Waals surface area contributed by atoms with Gasteiger partial charge in [-0.05, 0) is 95.8 Å². The highest BCUT2D eigenvalue weighted by Crippen LogP contribution is 2.43. The van der Waals surface area contributed by atoms with Crippen LogP contribution in [0.2, 0.25) is 10.0 Å². The highest BCUT2D eigenvalue weighted by molar-refractivity contribution is 6.36. The average Bonchev–Trinajstić information content (AvgIpc) is 3.30. The Morgan fingerprint density at radius 3 is 2.44 bits per heavy atom. The van der Waals surface area contributed by atoms with Gasteiger partial charge in [-0.2, -0.15) is 13.2 Å². The fourth-order valence-corrected chi connectivity index (χ4v) is 6.22. The Morgan fingerprint density at radius 1 is 0.976 bits per heavy atom. The van der Waals surface area contributed by atoms with Crippen molar-refractivity contribution in [1.29, 1.82) is 0 Å². The summed E-state index contributed by atoms with van der Waals surface area (Å²) < 4.78 is 58.3. The van der Waals surface area contributed by atoms with Crippen LogP contribution >= 0.6 is 23.2 Å². The Morgan fingerprint density at radius 2 is 1.73 bits per heavy atom. The first-order valence-electron chi connectivity index (χ1n) is 13.6. The molecular weight excluding hydrogens is 577 g/mol. The van der Waals surface area contributed by atoms with Crippen molar-refractivity contribution in [3.63, 3.8) is 0 Å². The van der Waals surface area contributed by atoms with Crippen LogP contribution in [0.4, 0.5) is 17.6 Å². The van der Waals surface area contributed by atoms with E-state index in [4.69, 9.17) is 27.9 Å². The quantitative estimate of drug-likeness (QED) is 0.190. The summed E-state index contributed by atoms with van der Waals surface area (Å²) in [7, 11) is 0. The molecule has 216 valence electrons. The largest absolute Gasteiger partial charge is 0.489 e. The van der Waals surface area contributed by atoms with Gasteiger partial charge in [-0.3, -0.25) is 14.1 Å². The van der Waals surface area contributed by atoms with Gasteiger partial charge in [0.25, 0.3) is 5.78 Å². The van der Waals surface area contributed by atoms with E-state index in [2.05, 4.69) is 4.90 Å². The number of hydrogen-bond donors (Lipinski definition) is 0. The van der Waals surface area contributed by atoms with E-state index in [1.54, 1.807) is 18.2 Å². The standard InChI is InChI=1S/C32H29Cl2F4NO2/c33-23-8-12-27(29(34)18-23)28-4-1-3-21-17-22(31(40)32(36,37)38)7-11-26(21)30(28)20-5-9-24(10-6-20)41-25-13-16-39(19-25)15-2-14-35/h5-12,17-18,25H,1-4,13-16,19H2/t25-/m0/s1. The van der Waals surface area contributed by atoms with E-state index in [1.807, 2.05) is 30.3 Å². The van der Waals surface area contributed by atoms with Gasteiger partial charge in [0.05, 0.1) is 6.67 Å². The van der Waals surface area contributed by atoms with Gasteiger partial charge in [0.15, 0.2) is 0 Å². The SMILES string of the molecule is O=C(c1ccc2c(c1)CCCC(c1ccc(Cl)cc1Cl)=C2c1ccc(O[C@H]2CCN(CCCF)C2)cc1)C(F)(F)F. The molecule has 0 amide bonds. The van der Waals surface area contributed by atoms with Crippen molar-refractivity contribution in [2.24, 2.45) is 0 Å². The van der Waals surface area contributed by atoms with Crippen molar-refractivity contribution in [2.45, 2.75) is 44.4 Å². The maximum Gasteiger partial charge on any atom is 0.454 e. The molecule has 3 aromatic rings. The lowest BCUT2D eigenvalue weighted by Crippen LogP contribution is -2.26. The molecule has 1 heterocycles. The Hall–Kier alpha value is -2.87. The second kappa shape index (κ2) is 12.6. The van der Waals surface area contributed by atoms with Gasteiger partial charge in [-0.1, -0.05) is 53.5 Å². The molecule has 0 saturated carbocycles. The smallest absolute Gasteiger partial charge is 0.454 e. The van der Waals surface area contributed by atoms with Crippen molar-refractivity contribution >= 4 is 40.1 Å². The number of carbonyl (C=O) groups excluding carboxylic acids is 1. The molecule has 1 atom stereocenters. The van der Waals surface area contributed by atoms with Crippen LogP contribution in [0.15, 0.2) is 60.7 Å². The first-order valence-corrected chi connectivity index (χ1v) is 14.4. The number of alkyl halides is 4. The van der Waals surface area contributed by atoms with E-state index in [0.717, 1.165) is 53.9 Å². The molecular formula is C32H29Cl2F4NO2. The lowest BCUT2D eigenvalue weighted by Gasteiger charge is -2.19. The molecule has 0 unspecified atom stereocenters. The monoisotopic (exact) mass is 605 g/mol. The van der Waals surface area contributed by atoms with E-state index in [9.17, 15) is 22.4 Å². The number of fused-ring (bicyclic) bond motifs is 1. The number of ether oxygens (including phenoxy) is 1. The summed E-state index contributed by atoms with van der Waals surface area (Å²) in [6.07, 6.45) is -1.74. The first-order chi connectivity index (χ1) is 19.6. The lowest BCUT2D eigenvalue weighted by molar-refractivity contribution is -0.0885. The number of nitrogens with zero attached hydrogens (tertiary/aromatic N) is 1. The zero-order chi connectivity index (χ0) is 29.1. The molecule has 1 saturated heterocycles. The van der Waals surface area contributed by atoms with Crippen LogP contribution in [-0.4, -0.2) is 49.3 Å². The third kappa shape index (κ3) is 6.79. The second-order valence-electron chi connectivity index (χ2n) is 10.4. The van der Waals surface area contributed by atoms with Crippen LogP contribution in [0, 0.1) is 0 Å². The third-order valence-electron chi connectivity index (χ3n) is 7.61. The molecule has 1 aliphatic carbocycles. The van der Waals surface area contributed by atoms with Crippen LogP contribution in [0.5, 0.6) is 5.75 Å². The van der Waals surface area contributed by atoms with Crippen molar-refractivity contribution in [3.8, 4) is 5.75 Å². The minimum atomic E-state index is -4.95. The summed E-state index contributed by atoms with van der Waals surface area (Å²) in [5.41, 5.74) is 4.52. The van der Waals surface area contributed by atoms with Crippen molar-refractivity contribution in [1.82, 2.24) is 4.90 Å². The maximum atomic E-state index is 13.2. The van der Waals surface area contributed by atoms with Crippen molar-refractivity contribution < 1.29 is 27.1 Å². The molecule has 0 bridgehead atoms. The van der Waals surface area contributed by atoms with Crippen LogP contribution in [0.1, 0.15) is 58.3 Å². The van der Waals surface area contributed by atoms with E-state index in [0.29, 0.717) is 47.0 Å². The Balaban J connectivity index is 1.52. The number of rotatable bonds is 8. The predicted molar refractivity (Wildman–Crippen MR) is 155 cm³/mol. The van der Waals surface area contributed by atoms with Crippen LogP contribution in [-0.2, 0) is 6.42 Å². The normalized spacial score (nSPS) is 17.9. The summed E-state index contributed by atoms with van der Waals surface area (Å²) in [4.78, 5) is 14.2. The topological polar surface area (TPSA) is 29.5 Å². The van der Waals surface area contributed by atoms with Gasteiger partial charge in [0.1, 0.15) is 11.9 Å². The molecule has 3 aromatic carbocycles. The molecule has 3 nitrogen and oxygen atoms in total. The van der Waals surface area contributed by atoms with Crippen molar-refractivity contribution in [3.05, 3.63) is 98.5 Å². The summed E-state index contributed by atoms with van der Waals surface area (Å²) in [5.74, 6) is -1.15. The van der Waals surface area contributed by atoms with Crippen LogP contribution < -0.4 is 4.74 Å². The molecule has 41 heavy (non-hydrogen) atoms. The number of benzene rings is 3. The van der Waals surface area contributed by atoms with Crippen LogP contribution in [0.25, 0.3) is 11.1 Å². The van der Waals surface area contributed by atoms with Crippen LogP contribution in [0.3, 0.4) is 0 Å². The average molecular weight is 606 g/mol. The number of Topliss-reactive ketones (excluding diaryl/α,β-unsaturated/α-hetero) is 1. The number of hydrogen-bond acceptors (Lipinski definition) is 3. The highest BCUT2D eigenvalue weighted by Gasteiger charge is 2.39. The molecule has 5 rings (SSSR count). The Kier molecular flexibility index (Phi) is 9.07. The van der Waals surface area contributed by atoms with Gasteiger partial charge >= 0.3 is 6.18 Å².